The fourth-order valence-corrected chi connectivity index (χ4v) is 1.96. The summed E-state index contributed by atoms with van der Waals surface area (Å²) in [4.78, 5) is 0. The quantitative estimate of drug-likeness (QED) is 0.518. The van der Waals surface area contributed by atoms with Crippen molar-refractivity contribution in [2.75, 3.05) is 19.7 Å². The van der Waals surface area contributed by atoms with Crippen LogP contribution in [0.25, 0.3) is 0 Å². The summed E-state index contributed by atoms with van der Waals surface area (Å²) in [7, 11) is 0. The Labute approximate surface area is 122 Å². The largest absolute Gasteiger partial charge is 0.491 e. The second-order valence-electron chi connectivity index (χ2n) is 4.82. The van der Waals surface area contributed by atoms with Crippen LogP contribution < -0.4 is 11.1 Å². The molecule has 0 radical (unpaired) electrons. The molecule has 0 amide bonds. The summed E-state index contributed by atoms with van der Waals surface area (Å²) in [6, 6.07) is 0. The number of rotatable bonds is 6. The van der Waals surface area contributed by atoms with Gasteiger partial charge in [-0.05, 0) is 50.1 Å². The average Bonchev–Trinajstić information content (AvgIpc) is 2.38. The molecule has 0 bridgehead atoms. The highest BCUT2D eigenvalue weighted by molar-refractivity contribution is 5.29. The van der Waals surface area contributed by atoms with Gasteiger partial charge in [0, 0.05) is 6.61 Å². The Bertz CT molecular complexity index is 411. The van der Waals surface area contributed by atoms with E-state index in [1.165, 1.54) is 6.08 Å². The molecule has 0 saturated carbocycles. The Morgan fingerprint density at radius 3 is 2.48 bits per heavy atom. The maximum Gasteiger partial charge on any atom is 0.430 e. The minimum atomic E-state index is -4.59. The number of nitrogens with two attached hydrogens (primary N) is 1. The highest BCUT2D eigenvalue weighted by atomic mass is 19.4. The molecule has 1 rings (SSSR count). The number of halogens is 3. The first-order valence-corrected chi connectivity index (χ1v) is 6.75. The smallest absolute Gasteiger partial charge is 0.430 e. The molecule has 1 aliphatic heterocycles. The molecule has 7 heteroatoms. The Morgan fingerprint density at radius 2 is 1.95 bits per heavy atom. The minimum absolute atomic E-state index is 0.00863. The van der Waals surface area contributed by atoms with Gasteiger partial charge in [0.05, 0.1) is 0 Å². The lowest BCUT2D eigenvalue weighted by Gasteiger charge is -2.24. The van der Waals surface area contributed by atoms with Crippen LogP contribution in [0.5, 0.6) is 0 Å². The number of alkyl halides is 3. The lowest BCUT2D eigenvalue weighted by atomic mass is 10.1. The minimum Gasteiger partial charge on any atom is -0.491 e. The van der Waals surface area contributed by atoms with Gasteiger partial charge in [0.1, 0.15) is 17.6 Å². The van der Waals surface area contributed by atoms with E-state index in [4.69, 9.17) is 15.6 Å². The van der Waals surface area contributed by atoms with Gasteiger partial charge in [-0.3, -0.25) is 0 Å². The molecule has 0 atom stereocenters. The van der Waals surface area contributed by atoms with E-state index < -0.39 is 11.9 Å². The Kier molecular flexibility index (Phi) is 6.77. The Morgan fingerprint density at radius 1 is 1.33 bits per heavy atom. The van der Waals surface area contributed by atoms with Crippen LogP contribution in [0.4, 0.5) is 13.2 Å². The number of nitrogens with one attached hydrogen (secondary N) is 1. The van der Waals surface area contributed by atoms with Gasteiger partial charge in [0.2, 0.25) is 0 Å². The van der Waals surface area contributed by atoms with Crippen molar-refractivity contribution in [2.45, 2.75) is 31.5 Å². The second kappa shape index (κ2) is 8.09. The number of aliphatic hydroxyl groups excluding tert-OH is 1. The summed E-state index contributed by atoms with van der Waals surface area (Å²) in [6.45, 7) is 5.08. The van der Waals surface area contributed by atoms with Gasteiger partial charge < -0.3 is 20.9 Å². The van der Waals surface area contributed by atoms with Crippen molar-refractivity contribution < 1.29 is 23.0 Å². The van der Waals surface area contributed by atoms with Crippen LogP contribution in [0, 0.1) is 0 Å². The molecule has 4 nitrogen and oxygen atoms in total. The van der Waals surface area contributed by atoms with Crippen molar-refractivity contribution in [3.05, 3.63) is 35.8 Å². The summed E-state index contributed by atoms with van der Waals surface area (Å²) in [5.41, 5.74) is 3.99. The van der Waals surface area contributed by atoms with Crippen LogP contribution in [-0.2, 0) is 4.74 Å². The number of allylic oxidation sites excluding steroid dienone is 3. The third-order valence-electron chi connectivity index (χ3n) is 3.02. The fourth-order valence-electron chi connectivity index (χ4n) is 1.96. The van der Waals surface area contributed by atoms with Gasteiger partial charge in [0.15, 0.2) is 0 Å². The first-order valence-electron chi connectivity index (χ1n) is 6.75. The van der Waals surface area contributed by atoms with E-state index in [2.05, 4.69) is 11.9 Å². The van der Waals surface area contributed by atoms with Crippen LogP contribution in [0.2, 0.25) is 0 Å². The zero-order valence-electron chi connectivity index (χ0n) is 11.7. The molecule has 0 aromatic rings. The van der Waals surface area contributed by atoms with Gasteiger partial charge in [-0.15, -0.1) is 0 Å². The number of hydrogen-bond donors (Lipinski definition) is 3. The van der Waals surface area contributed by atoms with E-state index in [9.17, 15) is 13.2 Å². The standard InChI is InChI=1S/C14H21F3N2O2/c1-10(21-12-2-5-19-6-3-12)8-11(4-7-20)9-13(18)14(15,16)17/h8-9,12,19-20H,1-7,18H2/b11-8-,13-9-. The van der Waals surface area contributed by atoms with Crippen molar-refractivity contribution in [3.8, 4) is 0 Å². The first kappa shape index (κ1) is 17.6. The summed E-state index contributed by atoms with van der Waals surface area (Å²) in [6.07, 6.45) is -0.707. The number of piperidine rings is 1. The Hall–Kier alpha value is -1.47. The summed E-state index contributed by atoms with van der Waals surface area (Å²) < 4.78 is 42.8. The molecule has 1 fully saturated rings. The number of aliphatic hydroxyl groups is 1. The zero-order valence-corrected chi connectivity index (χ0v) is 11.7. The van der Waals surface area contributed by atoms with Crippen LogP contribution in [0.3, 0.4) is 0 Å². The van der Waals surface area contributed by atoms with Crippen LogP contribution >= 0.6 is 0 Å². The molecule has 1 aliphatic rings. The lowest BCUT2D eigenvalue weighted by Crippen LogP contribution is -2.32. The van der Waals surface area contributed by atoms with Gasteiger partial charge in [-0.2, -0.15) is 13.2 Å². The van der Waals surface area contributed by atoms with Gasteiger partial charge in [-0.25, -0.2) is 0 Å². The Balaban J connectivity index is 2.71. The van der Waals surface area contributed by atoms with E-state index in [0.717, 1.165) is 32.0 Å². The number of ether oxygens (including phenoxy) is 1. The highest BCUT2D eigenvalue weighted by Gasteiger charge is 2.31. The lowest BCUT2D eigenvalue weighted by molar-refractivity contribution is -0.0927. The highest BCUT2D eigenvalue weighted by Crippen LogP contribution is 2.24. The molecule has 120 valence electrons. The van der Waals surface area contributed by atoms with E-state index in [0.29, 0.717) is 0 Å². The topological polar surface area (TPSA) is 67.5 Å². The van der Waals surface area contributed by atoms with Crippen molar-refractivity contribution in [1.82, 2.24) is 5.32 Å². The van der Waals surface area contributed by atoms with Crippen LogP contribution in [0.15, 0.2) is 35.8 Å². The molecular formula is C14H21F3N2O2. The van der Waals surface area contributed by atoms with Crippen LogP contribution in [0.1, 0.15) is 19.3 Å². The predicted octanol–water partition coefficient (Wildman–Crippen LogP) is 1.98. The van der Waals surface area contributed by atoms with E-state index >= 15 is 0 Å². The third-order valence-corrected chi connectivity index (χ3v) is 3.02. The molecular weight excluding hydrogens is 285 g/mol. The molecule has 0 unspecified atom stereocenters. The molecule has 0 aromatic heterocycles. The predicted molar refractivity (Wildman–Crippen MR) is 74.2 cm³/mol. The second-order valence-corrected chi connectivity index (χ2v) is 4.82. The molecule has 4 N–H and O–H groups in total. The molecule has 21 heavy (non-hydrogen) atoms. The summed E-state index contributed by atoms with van der Waals surface area (Å²) in [5, 5.41) is 12.1. The molecule has 0 aromatic carbocycles. The van der Waals surface area contributed by atoms with Crippen molar-refractivity contribution in [1.29, 1.82) is 0 Å². The first-order chi connectivity index (χ1) is 9.82. The molecule has 1 heterocycles. The maximum absolute atomic E-state index is 12.4. The summed E-state index contributed by atoms with van der Waals surface area (Å²) in [5.74, 6) is 0.275. The van der Waals surface area contributed by atoms with Gasteiger partial charge in [0.25, 0.3) is 0 Å². The number of hydrogen-bond acceptors (Lipinski definition) is 4. The molecule has 1 saturated heterocycles. The summed E-state index contributed by atoms with van der Waals surface area (Å²) >= 11 is 0. The average molecular weight is 306 g/mol. The monoisotopic (exact) mass is 306 g/mol. The van der Waals surface area contributed by atoms with E-state index in [-0.39, 0.29) is 30.5 Å². The van der Waals surface area contributed by atoms with Gasteiger partial charge >= 0.3 is 6.18 Å². The molecule has 0 aliphatic carbocycles. The fraction of sp³-hybridized carbons (Fsp3) is 0.571. The normalized spacial score (nSPS) is 18.7. The SMILES string of the molecule is C=C(/C=C(\C=C(/N)C(F)(F)F)CCO)OC1CCNCC1. The molecule has 0 spiro atoms. The van der Waals surface area contributed by atoms with Gasteiger partial charge in [-0.1, -0.05) is 6.58 Å². The third kappa shape index (κ3) is 6.68. The zero-order chi connectivity index (χ0) is 15.9. The van der Waals surface area contributed by atoms with Crippen molar-refractivity contribution >= 4 is 0 Å². The van der Waals surface area contributed by atoms with Crippen molar-refractivity contribution in [3.63, 3.8) is 0 Å². The van der Waals surface area contributed by atoms with Crippen LogP contribution in [-0.4, -0.2) is 37.1 Å². The maximum atomic E-state index is 12.4. The van der Waals surface area contributed by atoms with Crippen molar-refractivity contribution in [2.24, 2.45) is 5.73 Å². The van der Waals surface area contributed by atoms with E-state index in [1.54, 1.807) is 0 Å². The van der Waals surface area contributed by atoms with E-state index in [1.807, 2.05) is 0 Å².